The van der Waals surface area contributed by atoms with Gasteiger partial charge in [0.25, 0.3) is 0 Å². The van der Waals surface area contributed by atoms with E-state index in [0.717, 1.165) is 0 Å². The highest BCUT2D eigenvalue weighted by molar-refractivity contribution is 5.72. The van der Waals surface area contributed by atoms with Gasteiger partial charge in [-0.25, -0.2) is 0 Å². The minimum absolute atomic E-state index is 0.000892. The van der Waals surface area contributed by atoms with E-state index < -0.39 is 74.4 Å². The average molecular weight is 835 g/mol. The van der Waals surface area contributed by atoms with Crippen molar-refractivity contribution in [2.45, 2.75) is 89.7 Å². The second-order valence-electron chi connectivity index (χ2n) is 16.6. The fourth-order valence-electron chi connectivity index (χ4n) is 4.85. The van der Waals surface area contributed by atoms with Gasteiger partial charge in [0.1, 0.15) is 62.9 Å². The van der Waals surface area contributed by atoms with Crippen LogP contribution >= 0.6 is 0 Å². The zero-order chi connectivity index (χ0) is 43.6. The van der Waals surface area contributed by atoms with Crippen LogP contribution in [0.25, 0.3) is 0 Å². The zero-order valence-electron chi connectivity index (χ0n) is 36.2. The molecule has 0 aromatic heterocycles. The van der Waals surface area contributed by atoms with Crippen LogP contribution in [-0.4, -0.2) is 235 Å². The SMILES string of the molecule is CCC(C)C(=O)OCC(O)OC(COCC(O)COCC(O)C[N+](C)(C)C)COCC(O)COCC(COCC(O)C[N+](C)(C)C)OC(O)COC(=O)C(C)CC. The lowest BCUT2D eigenvalue weighted by atomic mass is 10.1. The number of nitrogens with zero attached hydrogens (tertiary/aromatic N) is 2. The molecule has 0 aromatic rings. The molecular formula is C38H78N2O17+2. The van der Waals surface area contributed by atoms with Crippen molar-refractivity contribution in [1.29, 1.82) is 0 Å². The van der Waals surface area contributed by atoms with Crippen molar-refractivity contribution in [2.75, 3.05) is 135 Å². The van der Waals surface area contributed by atoms with Gasteiger partial charge in [0.05, 0.1) is 120 Å². The Hall–Kier alpha value is -1.66. The van der Waals surface area contributed by atoms with Gasteiger partial charge in [0.15, 0.2) is 12.6 Å². The third kappa shape index (κ3) is 31.9. The number of aliphatic hydroxyl groups is 6. The zero-order valence-corrected chi connectivity index (χ0v) is 36.2. The number of esters is 2. The Morgan fingerprint density at radius 1 is 0.439 bits per heavy atom. The lowest BCUT2D eigenvalue weighted by Gasteiger charge is -2.27. The van der Waals surface area contributed by atoms with Crippen LogP contribution in [0.5, 0.6) is 0 Å². The van der Waals surface area contributed by atoms with Crippen LogP contribution in [0.3, 0.4) is 0 Å². The molecule has 0 aliphatic rings. The van der Waals surface area contributed by atoms with E-state index in [1.807, 2.05) is 56.1 Å². The number of rotatable bonds is 36. The molecule has 0 saturated heterocycles. The Morgan fingerprint density at radius 3 is 0.965 bits per heavy atom. The average Bonchev–Trinajstić information content (AvgIpc) is 3.10. The van der Waals surface area contributed by atoms with Crippen LogP contribution in [-0.2, 0) is 52.2 Å². The van der Waals surface area contributed by atoms with Gasteiger partial charge in [0.2, 0.25) is 0 Å². The summed E-state index contributed by atoms with van der Waals surface area (Å²) >= 11 is 0. The highest BCUT2D eigenvalue weighted by atomic mass is 16.7. The molecule has 6 N–H and O–H groups in total. The molecule has 0 saturated carbocycles. The first-order valence-corrected chi connectivity index (χ1v) is 19.8. The number of aliphatic hydroxyl groups excluding tert-OH is 6. The minimum atomic E-state index is -1.51. The van der Waals surface area contributed by atoms with Gasteiger partial charge in [0, 0.05) is 0 Å². The van der Waals surface area contributed by atoms with Crippen LogP contribution in [0, 0.1) is 11.8 Å². The number of quaternary nitrogens is 2. The summed E-state index contributed by atoms with van der Waals surface area (Å²) in [6.07, 6.45) is -7.23. The van der Waals surface area contributed by atoms with Gasteiger partial charge in [-0.05, 0) is 12.8 Å². The van der Waals surface area contributed by atoms with Crippen LogP contribution in [0.1, 0.15) is 40.5 Å². The van der Waals surface area contributed by atoms with E-state index in [9.17, 15) is 40.2 Å². The van der Waals surface area contributed by atoms with Gasteiger partial charge >= 0.3 is 11.9 Å². The molecule has 0 aliphatic heterocycles. The van der Waals surface area contributed by atoms with E-state index in [4.69, 9.17) is 42.6 Å². The number of likely N-dealkylation sites (N-methyl/N-ethyl adjacent to an activating group) is 2. The standard InChI is InChI=1S/C38H78N2O17/c1-11-27(3)37(47)54-25-35(45)56-33(21-50-16-30(42)14-40(8,9)10)22-52-19-32(44)20-53-24-34(57-36(46)26-55-38(48)28(4)12-2)23-51-18-31(43)17-49-15-29(41)13-39(5,6)7/h27-36,41-46H,11-26H2,1-10H3/q+2. The normalized spacial score (nSPS) is 17.8. The molecule has 10 unspecified atom stereocenters. The van der Waals surface area contributed by atoms with Crippen molar-refractivity contribution >= 4 is 11.9 Å². The number of carbonyl (C=O) groups is 2. The Balaban J connectivity index is 5.12. The van der Waals surface area contributed by atoms with Crippen molar-refractivity contribution < 1.29 is 91.8 Å². The second-order valence-corrected chi connectivity index (χ2v) is 16.6. The van der Waals surface area contributed by atoms with Gasteiger partial charge < -0.3 is 82.2 Å². The maximum absolute atomic E-state index is 12.1. The highest BCUT2D eigenvalue weighted by Gasteiger charge is 2.24. The van der Waals surface area contributed by atoms with Gasteiger partial charge in [-0.1, -0.05) is 27.7 Å². The quantitative estimate of drug-likeness (QED) is 0.0240. The molecule has 0 fully saturated rings. The molecule has 340 valence electrons. The monoisotopic (exact) mass is 835 g/mol. The summed E-state index contributed by atoms with van der Waals surface area (Å²) in [5.41, 5.74) is 0. The minimum Gasteiger partial charge on any atom is -0.460 e. The van der Waals surface area contributed by atoms with Crippen LogP contribution in [0.2, 0.25) is 0 Å². The van der Waals surface area contributed by atoms with Crippen LogP contribution in [0.15, 0.2) is 0 Å². The Morgan fingerprint density at radius 2 is 0.702 bits per heavy atom. The molecule has 0 bridgehead atoms. The molecular weight excluding hydrogens is 756 g/mol. The van der Waals surface area contributed by atoms with E-state index in [0.29, 0.717) is 34.9 Å². The van der Waals surface area contributed by atoms with E-state index >= 15 is 0 Å². The highest BCUT2D eigenvalue weighted by Crippen LogP contribution is 2.09. The summed E-state index contributed by atoms with van der Waals surface area (Å²) in [7, 11) is 11.6. The smallest absolute Gasteiger partial charge is 0.308 e. The second kappa shape index (κ2) is 30.4. The summed E-state index contributed by atoms with van der Waals surface area (Å²) in [6, 6.07) is 0. The topological polar surface area (TPSA) is 239 Å². The molecule has 0 aromatic carbocycles. The molecule has 19 heteroatoms. The van der Waals surface area contributed by atoms with Gasteiger partial charge in [-0.2, -0.15) is 0 Å². The molecule has 0 amide bonds. The number of hydrogen-bond acceptors (Lipinski definition) is 17. The van der Waals surface area contributed by atoms with Crippen LogP contribution < -0.4 is 0 Å². The summed E-state index contributed by atoms with van der Waals surface area (Å²) in [4.78, 5) is 24.1. The van der Waals surface area contributed by atoms with E-state index in [2.05, 4.69) is 0 Å². The Kier molecular flexibility index (Phi) is 29.5. The van der Waals surface area contributed by atoms with E-state index in [1.54, 1.807) is 13.8 Å². The third-order valence-corrected chi connectivity index (χ3v) is 8.06. The van der Waals surface area contributed by atoms with Crippen molar-refractivity contribution in [1.82, 2.24) is 0 Å². The summed E-state index contributed by atoms with van der Waals surface area (Å²) in [5, 5.41) is 62.0. The number of hydrogen-bond donors (Lipinski definition) is 6. The molecule has 0 aliphatic carbocycles. The van der Waals surface area contributed by atoms with Crippen molar-refractivity contribution in [3.05, 3.63) is 0 Å². The van der Waals surface area contributed by atoms with Crippen molar-refractivity contribution in [3.63, 3.8) is 0 Å². The van der Waals surface area contributed by atoms with Gasteiger partial charge in [-0.3, -0.25) is 9.59 Å². The lowest BCUT2D eigenvalue weighted by molar-refractivity contribution is -0.873. The molecule has 0 heterocycles. The molecule has 0 spiro atoms. The molecule has 19 nitrogen and oxygen atoms in total. The lowest BCUT2D eigenvalue weighted by Crippen LogP contribution is -2.43. The largest absolute Gasteiger partial charge is 0.460 e. The predicted molar refractivity (Wildman–Crippen MR) is 207 cm³/mol. The number of carbonyl (C=O) groups excluding carboxylic acids is 2. The summed E-state index contributed by atoms with van der Waals surface area (Å²) in [6.45, 7) is 5.98. The first-order chi connectivity index (χ1) is 26.5. The molecule has 10 atom stereocenters. The number of ether oxygens (including phenoxy) is 9. The van der Waals surface area contributed by atoms with Crippen LogP contribution in [0.4, 0.5) is 0 Å². The first-order valence-electron chi connectivity index (χ1n) is 19.8. The molecule has 57 heavy (non-hydrogen) atoms. The predicted octanol–water partition coefficient (Wildman–Crippen LogP) is -1.49. The van der Waals surface area contributed by atoms with Crippen molar-refractivity contribution in [3.8, 4) is 0 Å². The fourth-order valence-corrected chi connectivity index (χ4v) is 4.85. The maximum Gasteiger partial charge on any atom is 0.308 e. The third-order valence-electron chi connectivity index (χ3n) is 8.06. The molecule has 0 rings (SSSR count). The first kappa shape index (κ1) is 55.3. The van der Waals surface area contributed by atoms with E-state index in [1.165, 1.54) is 0 Å². The summed E-state index contributed by atoms with van der Waals surface area (Å²) < 4.78 is 50.3. The van der Waals surface area contributed by atoms with E-state index in [-0.39, 0.29) is 77.9 Å². The summed E-state index contributed by atoms with van der Waals surface area (Å²) in [5.74, 6) is -1.66. The maximum atomic E-state index is 12.1. The fraction of sp³-hybridized carbons (Fsp3) is 0.947. The Bertz CT molecular complexity index is 1030. The van der Waals surface area contributed by atoms with Crippen molar-refractivity contribution in [2.24, 2.45) is 11.8 Å². The molecule has 0 radical (unpaired) electrons. The Labute approximate surface area is 339 Å². The van der Waals surface area contributed by atoms with Gasteiger partial charge in [-0.15, -0.1) is 0 Å².